The van der Waals surface area contributed by atoms with Crippen molar-refractivity contribution < 1.29 is 14.6 Å². The maximum Gasteiger partial charge on any atom is 0.251 e. The maximum atomic E-state index is 12.0. The number of hydrogen-bond donors (Lipinski definition) is 3. The van der Waals surface area contributed by atoms with Gasteiger partial charge in [-0.05, 0) is 36.6 Å². The van der Waals surface area contributed by atoms with Crippen molar-refractivity contribution in [1.29, 1.82) is 0 Å². The van der Waals surface area contributed by atoms with Gasteiger partial charge in [0.05, 0.1) is 7.11 Å². The Bertz CT molecular complexity index is 444. The van der Waals surface area contributed by atoms with Gasteiger partial charge in [-0.1, -0.05) is 13.8 Å². The lowest BCUT2D eigenvalue weighted by molar-refractivity contribution is 0.0934. The van der Waals surface area contributed by atoms with Gasteiger partial charge in [-0.2, -0.15) is 0 Å². The molecule has 4 N–H and O–H groups in total. The van der Waals surface area contributed by atoms with Crippen LogP contribution in [0.15, 0.2) is 18.2 Å². The van der Waals surface area contributed by atoms with E-state index in [9.17, 15) is 9.90 Å². The van der Waals surface area contributed by atoms with Crippen LogP contribution in [0.1, 0.15) is 30.6 Å². The summed E-state index contributed by atoms with van der Waals surface area (Å²) in [4.78, 5) is 12.0. The molecule has 0 saturated carbocycles. The van der Waals surface area contributed by atoms with Crippen LogP contribution in [0.2, 0.25) is 0 Å². The van der Waals surface area contributed by atoms with Gasteiger partial charge >= 0.3 is 0 Å². The van der Waals surface area contributed by atoms with E-state index in [1.54, 1.807) is 12.1 Å². The van der Waals surface area contributed by atoms with Crippen molar-refractivity contribution in [3.8, 4) is 11.5 Å². The van der Waals surface area contributed by atoms with E-state index in [0.29, 0.717) is 24.4 Å². The van der Waals surface area contributed by atoms with Crippen LogP contribution in [-0.2, 0) is 0 Å². The Kier molecular flexibility index (Phi) is 5.18. The van der Waals surface area contributed by atoms with Crippen molar-refractivity contribution in [1.82, 2.24) is 5.32 Å². The second-order valence-corrected chi connectivity index (χ2v) is 5.27. The number of hydrogen-bond acceptors (Lipinski definition) is 4. The molecule has 1 amide bonds. The first-order chi connectivity index (χ1) is 8.89. The molecule has 0 unspecified atom stereocenters. The Morgan fingerprint density at radius 2 is 2.16 bits per heavy atom. The predicted octanol–water partition coefficient (Wildman–Crippen LogP) is 1.51. The normalized spacial score (nSPS) is 11.2. The summed E-state index contributed by atoms with van der Waals surface area (Å²) in [6.45, 7) is 5.22. The van der Waals surface area contributed by atoms with Crippen LogP contribution in [0.25, 0.3) is 0 Å². The number of phenols is 1. The summed E-state index contributed by atoms with van der Waals surface area (Å²) in [5.74, 6) is 0.0828. The SMILES string of the molecule is COc1ccc(C(=O)NCC(C)(C)CCN)cc1O. The molecule has 106 valence electrons. The van der Waals surface area contributed by atoms with E-state index in [4.69, 9.17) is 10.5 Å². The van der Waals surface area contributed by atoms with E-state index in [0.717, 1.165) is 6.42 Å². The van der Waals surface area contributed by atoms with Gasteiger partial charge in [0.1, 0.15) is 0 Å². The number of benzene rings is 1. The molecule has 0 aromatic heterocycles. The third-order valence-electron chi connectivity index (χ3n) is 2.99. The van der Waals surface area contributed by atoms with Gasteiger partial charge in [-0.25, -0.2) is 0 Å². The minimum Gasteiger partial charge on any atom is -0.504 e. The zero-order valence-corrected chi connectivity index (χ0v) is 11.7. The average molecular weight is 266 g/mol. The summed E-state index contributed by atoms with van der Waals surface area (Å²) in [5.41, 5.74) is 5.89. The number of nitrogens with one attached hydrogen (secondary N) is 1. The van der Waals surface area contributed by atoms with Gasteiger partial charge in [0.15, 0.2) is 11.5 Å². The van der Waals surface area contributed by atoms with Crippen molar-refractivity contribution in [2.24, 2.45) is 11.1 Å². The number of ether oxygens (including phenoxy) is 1. The molecule has 1 aromatic carbocycles. The highest BCUT2D eigenvalue weighted by molar-refractivity contribution is 5.94. The number of carbonyl (C=O) groups excluding carboxylic acids is 1. The highest BCUT2D eigenvalue weighted by atomic mass is 16.5. The topological polar surface area (TPSA) is 84.6 Å². The molecular formula is C14H22N2O3. The fourth-order valence-corrected chi connectivity index (χ4v) is 1.73. The molecule has 5 nitrogen and oxygen atoms in total. The van der Waals surface area contributed by atoms with E-state index in [1.807, 2.05) is 13.8 Å². The van der Waals surface area contributed by atoms with Crippen LogP contribution in [0, 0.1) is 5.41 Å². The molecular weight excluding hydrogens is 244 g/mol. The first kappa shape index (κ1) is 15.3. The van der Waals surface area contributed by atoms with Crippen molar-refractivity contribution in [3.05, 3.63) is 23.8 Å². The molecule has 0 spiro atoms. The summed E-state index contributed by atoms with van der Waals surface area (Å²) in [7, 11) is 1.46. The molecule has 0 atom stereocenters. The van der Waals surface area contributed by atoms with Gasteiger partial charge in [-0.15, -0.1) is 0 Å². The number of rotatable bonds is 6. The van der Waals surface area contributed by atoms with Crippen LogP contribution >= 0.6 is 0 Å². The van der Waals surface area contributed by atoms with E-state index in [1.165, 1.54) is 13.2 Å². The average Bonchev–Trinajstić information content (AvgIpc) is 2.36. The van der Waals surface area contributed by atoms with Crippen molar-refractivity contribution >= 4 is 5.91 Å². The Morgan fingerprint density at radius 3 is 2.68 bits per heavy atom. The molecule has 0 saturated heterocycles. The number of carbonyl (C=O) groups is 1. The summed E-state index contributed by atoms with van der Waals surface area (Å²) >= 11 is 0. The quantitative estimate of drug-likeness (QED) is 0.728. The molecule has 0 heterocycles. The second kappa shape index (κ2) is 6.43. The largest absolute Gasteiger partial charge is 0.504 e. The van der Waals surface area contributed by atoms with Crippen LogP contribution in [0.4, 0.5) is 0 Å². The van der Waals surface area contributed by atoms with Gasteiger partial charge in [0.25, 0.3) is 5.91 Å². The Morgan fingerprint density at radius 1 is 1.47 bits per heavy atom. The molecule has 1 aromatic rings. The molecule has 0 fully saturated rings. The lowest BCUT2D eigenvalue weighted by Gasteiger charge is -2.24. The highest BCUT2D eigenvalue weighted by Crippen LogP contribution is 2.26. The summed E-state index contributed by atoms with van der Waals surface area (Å²) in [6.07, 6.45) is 0.834. The monoisotopic (exact) mass is 266 g/mol. The zero-order valence-electron chi connectivity index (χ0n) is 11.7. The molecule has 5 heteroatoms. The van der Waals surface area contributed by atoms with Gasteiger partial charge in [0, 0.05) is 12.1 Å². The van der Waals surface area contributed by atoms with E-state index >= 15 is 0 Å². The number of aromatic hydroxyl groups is 1. The number of amides is 1. The molecule has 0 aliphatic carbocycles. The minimum absolute atomic E-state index is 0.0427. The fraction of sp³-hybridized carbons (Fsp3) is 0.500. The summed E-state index contributed by atoms with van der Waals surface area (Å²) in [5, 5.41) is 12.5. The van der Waals surface area contributed by atoms with Crippen LogP contribution in [-0.4, -0.2) is 31.2 Å². The highest BCUT2D eigenvalue weighted by Gasteiger charge is 2.18. The van der Waals surface area contributed by atoms with Crippen molar-refractivity contribution in [2.75, 3.05) is 20.2 Å². The first-order valence-corrected chi connectivity index (χ1v) is 6.25. The molecule has 19 heavy (non-hydrogen) atoms. The molecule has 0 bridgehead atoms. The van der Waals surface area contributed by atoms with Crippen LogP contribution in [0.5, 0.6) is 11.5 Å². The minimum atomic E-state index is -0.219. The summed E-state index contributed by atoms with van der Waals surface area (Å²) < 4.78 is 4.93. The lowest BCUT2D eigenvalue weighted by Crippen LogP contribution is -2.35. The van der Waals surface area contributed by atoms with Crippen molar-refractivity contribution in [3.63, 3.8) is 0 Å². The third-order valence-corrected chi connectivity index (χ3v) is 2.99. The van der Waals surface area contributed by atoms with E-state index < -0.39 is 0 Å². The second-order valence-electron chi connectivity index (χ2n) is 5.27. The molecule has 1 rings (SSSR count). The van der Waals surface area contributed by atoms with E-state index in [2.05, 4.69) is 5.32 Å². The Labute approximate surface area is 113 Å². The lowest BCUT2D eigenvalue weighted by atomic mass is 9.89. The Hall–Kier alpha value is -1.75. The summed E-state index contributed by atoms with van der Waals surface area (Å²) in [6, 6.07) is 4.57. The Balaban J connectivity index is 2.66. The fourth-order valence-electron chi connectivity index (χ4n) is 1.73. The maximum absolute atomic E-state index is 12.0. The molecule has 0 radical (unpaired) electrons. The predicted molar refractivity (Wildman–Crippen MR) is 74.4 cm³/mol. The zero-order chi connectivity index (χ0) is 14.5. The third kappa shape index (κ3) is 4.44. The van der Waals surface area contributed by atoms with Crippen molar-refractivity contribution in [2.45, 2.75) is 20.3 Å². The van der Waals surface area contributed by atoms with Gasteiger partial charge in [0.2, 0.25) is 0 Å². The van der Waals surface area contributed by atoms with E-state index in [-0.39, 0.29) is 17.1 Å². The number of phenolic OH excluding ortho intramolecular Hbond substituents is 1. The van der Waals surface area contributed by atoms with Crippen LogP contribution in [0.3, 0.4) is 0 Å². The van der Waals surface area contributed by atoms with Gasteiger partial charge in [-0.3, -0.25) is 4.79 Å². The van der Waals surface area contributed by atoms with Gasteiger partial charge < -0.3 is 20.9 Å². The molecule has 0 aliphatic rings. The standard InChI is InChI=1S/C14H22N2O3/c1-14(2,6-7-15)9-16-13(18)10-4-5-12(19-3)11(17)8-10/h4-5,8,17H,6-7,9,15H2,1-3H3,(H,16,18). The number of nitrogens with two attached hydrogens (primary N) is 1. The number of methoxy groups -OCH3 is 1. The molecule has 0 aliphatic heterocycles. The van der Waals surface area contributed by atoms with Crippen LogP contribution < -0.4 is 15.8 Å². The smallest absolute Gasteiger partial charge is 0.251 e. The first-order valence-electron chi connectivity index (χ1n) is 6.25.